The monoisotopic (exact) mass is 427 g/mol. The van der Waals surface area contributed by atoms with E-state index in [0.29, 0.717) is 40.5 Å². The van der Waals surface area contributed by atoms with Gasteiger partial charge in [-0.25, -0.2) is 0 Å². The Bertz CT molecular complexity index is 1110. The lowest BCUT2D eigenvalue weighted by molar-refractivity contribution is 0.0825. The van der Waals surface area contributed by atoms with Crippen LogP contribution in [0.3, 0.4) is 0 Å². The van der Waals surface area contributed by atoms with E-state index in [1.165, 1.54) is 13.2 Å². The Morgan fingerprint density at radius 1 is 1.03 bits per heavy atom. The second-order valence-corrected chi connectivity index (χ2v) is 7.84. The number of likely N-dealkylation sites (N-methyl/N-ethyl adjacent to an activating group) is 1. The van der Waals surface area contributed by atoms with Crippen LogP contribution in [-0.4, -0.2) is 57.6 Å². The first-order valence-electron chi connectivity index (χ1n) is 10.0. The summed E-state index contributed by atoms with van der Waals surface area (Å²) in [7, 11) is 6.85. The molecule has 7 heteroatoms. The Labute approximate surface area is 181 Å². The van der Waals surface area contributed by atoms with E-state index in [1.54, 1.807) is 19.2 Å². The number of hydrogen-bond acceptors (Lipinski definition) is 7. The van der Waals surface area contributed by atoms with Crippen LogP contribution in [0.2, 0.25) is 0 Å². The minimum atomic E-state index is -0.586. The van der Waals surface area contributed by atoms with Gasteiger partial charge in [0, 0.05) is 30.3 Å². The molecule has 0 unspecified atom stereocenters. The molecular weight excluding hydrogens is 398 g/mol. The molecule has 0 spiro atoms. The van der Waals surface area contributed by atoms with Gasteiger partial charge in [0.25, 0.3) is 0 Å². The molecule has 1 atom stereocenters. The molecule has 0 radical (unpaired) electrons. The lowest BCUT2D eigenvalue weighted by Crippen LogP contribution is -2.30. The summed E-state index contributed by atoms with van der Waals surface area (Å²) in [6, 6.07) is 8.60. The summed E-state index contributed by atoms with van der Waals surface area (Å²) in [5, 5.41) is 10.4. The summed E-state index contributed by atoms with van der Waals surface area (Å²) in [6.45, 7) is 4.57. The van der Waals surface area contributed by atoms with Gasteiger partial charge in [-0.3, -0.25) is 4.79 Å². The number of fused-ring (bicyclic) bond motifs is 1. The summed E-state index contributed by atoms with van der Waals surface area (Å²) in [6.07, 6.45) is -0.586. The van der Waals surface area contributed by atoms with E-state index in [0.717, 1.165) is 16.7 Å². The van der Waals surface area contributed by atoms with E-state index < -0.39 is 6.10 Å². The molecule has 0 amide bonds. The molecule has 0 aliphatic heterocycles. The molecule has 7 nitrogen and oxygen atoms in total. The molecule has 0 aliphatic carbocycles. The Morgan fingerprint density at radius 3 is 2.29 bits per heavy atom. The molecule has 1 aromatic heterocycles. The summed E-state index contributed by atoms with van der Waals surface area (Å²) in [5.41, 5.74) is 2.73. The van der Waals surface area contributed by atoms with E-state index in [9.17, 15) is 9.90 Å². The molecule has 0 fully saturated rings. The molecule has 1 N–H and O–H groups in total. The zero-order chi connectivity index (χ0) is 22.7. The molecule has 31 heavy (non-hydrogen) atoms. The van der Waals surface area contributed by atoms with Gasteiger partial charge in [-0.1, -0.05) is 0 Å². The third-order valence-electron chi connectivity index (χ3n) is 4.96. The predicted octanol–water partition coefficient (Wildman–Crippen LogP) is 3.40. The Hall–Kier alpha value is -3.03. The van der Waals surface area contributed by atoms with Gasteiger partial charge >= 0.3 is 0 Å². The lowest BCUT2D eigenvalue weighted by Gasteiger charge is -2.19. The zero-order valence-corrected chi connectivity index (χ0v) is 18.8. The largest absolute Gasteiger partial charge is 0.496 e. The summed E-state index contributed by atoms with van der Waals surface area (Å²) in [4.78, 5) is 14.7. The number of aryl methyl sites for hydroxylation is 2. The van der Waals surface area contributed by atoms with Crippen molar-refractivity contribution in [2.24, 2.45) is 0 Å². The third-order valence-corrected chi connectivity index (χ3v) is 4.96. The Kier molecular flexibility index (Phi) is 6.87. The molecule has 2 aromatic carbocycles. The van der Waals surface area contributed by atoms with E-state index in [2.05, 4.69) is 0 Å². The van der Waals surface area contributed by atoms with E-state index in [1.807, 2.05) is 45.0 Å². The van der Waals surface area contributed by atoms with Gasteiger partial charge in [-0.15, -0.1) is 0 Å². The fraction of sp³-hybridized carbons (Fsp3) is 0.375. The first kappa shape index (κ1) is 22.7. The van der Waals surface area contributed by atoms with Crippen molar-refractivity contribution in [1.82, 2.24) is 4.90 Å². The first-order chi connectivity index (χ1) is 14.7. The van der Waals surface area contributed by atoms with E-state index in [-0.39, 0.29) is 12.0 Å². The van der Waals surface area contributed by atoms with Gasteiger partial charge in [-0.2, -0.15) is 0 Å². The third kappa shape index (κ3) is 5.00. The maximum atomic E-state index is 12.8. The van der Waals surface area contributed by atoms with Gasteiger partial charge < -0.3 is 28.6 Å². The van der Waals surface area contributed by atoms with Gasteiger partial charge in [0.05, 0.1) is 14.2 Å². The van der Waals surface area contributed by atoms with Crippen LogP contribution in [0.25, 0.3) is 22.3 Å². The number of aliphatic hydroxyl groups excluding tert-OH is 1. The number of hydrogen-bond donors (Lipinski definition) is 1. The van der Waals surface area contributed by atoms with E-state index >= 15 is 0 Å². The van der Waals surface area contributed by atoms with Crippen LogP contribution >= 0.6 is 0 Å². The molecule has 166 valence electrons. The van der Waals surface area contributed by atoms with Gasteiger partial charge in [0.1, 0.15) is 46.7 Å². The van der Waals surface area contributed by atoms with E-state index in [4.69, 9.17) is 18.6 Å². The van der Waals surface area contributed by atoms with Crippen LogP contribution in [0.5, 0.6) is 17.2 Å². The second-order valence-electron chi connectivity index (χ2n) is 7.84. The maximum Gasteiger partial charge on any atom is 0.197 e. The smallest absolute Gasteiger partial charge is 0.197 e. The molecule has 0 saturated heterocycles. The topological polar surface area (TPSA) is 81.4 Å². The SMILES string of the molecule is COc1cc(OC)c2c(=O)cc(-c3cc(C)c(OC[C@H](O)CN(C)C)c(C)c3)oc2c1. The zero-order valence-electron chi connectivity index (χ0n) is 18.8. The second kappa shape index (κ2) is 9.41. The first-order valence-corrected chi connectivity index (χ1v) is 10.0. The number of rotatable bonds is 8. The van der Waals surface area contributed by atoms with Crippen molar-refractivity contribution in [1.29, 1.82) is 0 Å². The molecule has 0 saturated carbocycles. The predicted molar refractivity (Wildman–Crippen MR) is 121 cm³/mol. The van der Waals surface area contributed by atoms with Crippen molar-refractivity contribution in [3.8, 4) is 28.6 Å². The lowest BCUT2D eigenvalue weighted by atomic mass is 10.0. The Balaban J connectivity index is 1.98. The van der Waals surface area contributed by atoms with Crippen LogP contribution in [-0.2, 0) is 0 Å². The van der Waals surface area contributed by atoms with Crippen molar-refractivity contribution in [2.75, 3.05) is 41.5 Å². The van der Waals surface area contributed by atoms with Crippen LogP contribution in [0.15, 0.2) is 39.5 Å². The number of nitrogens with zero attached hydrogens (tertiary/aromatic N) is 1. The summed E-state index contributed by atoms with van der Waals surface area (Å²) >= 11 is 0. The number of methoxy groups -OCH3 is 2. The van der Waals surface area contributed by atoms with Crippen LogP contribution < -0.4 is 19.6 Å². The minimum Gasteiger partial charge on any atom is -0.496 e. The molecule has 3 aromatic rings. The standard InChI is InChI=1S/C24H29NO6/c1-14-7-16(8-15(2)24(14)30-13-17(26)12-25(3)4)20-11-19(27)23-21(29-6)9-18(28-5)10-22(23)31-20/h7-11,17,26H,12-13H2,1-6H3/t17-/m1/s1. The van der Waals surface area contributed by atoms with Crippen molar-refractivity contribution in [3.63, 3.8) is 0 Å². The van der Waals surface area contributed by atoms with Crippen LogP contribution in [0.4, 0.5) is 0 Å². The van der Waals surface area contributed by atoms with Gasteiger partial charge in [0.2, 0.25) is 0 Å². The molecule has 3 rings (SSSR count). The quantitative estimate of drug-likeness (QED) is 0.590. The fourth-order valence-electron chi connectivity index (χ4n) is 3.62. The highest BCUT2D eigenvalue weighted by atomic mass is 16.5. The number of ether oxygens (including phenoxy) is 3. The highest BCUT2D eigenvalue weighted by Gasteiger charge is 2.16. The summed E-state index contributed by atoms with van der Waals surface area (Å²) in [5.74, 6) is 2.10. The maximum absolute atomic E-state index is 12.8. The molecule has 0 aliphatic rings. The van der Waals surface area contributed by atoms with Gasteiger partial charge in [0.15, 0.2) is 5.43 Å². The van der Waals surface area contributed by atoms with Crippen LogP contribution in [0.1, 0.15) is 11.1 Å². The molecule has 1 heterocycles. The fourth-order valence-corrected chi connectivity index (χ4v) is 3.62. The van der Waals surface area contributed by atoms with Crippen molar-refractivity contribution in [3.05, 3.63) is 51.7 Å². The minimum absolute atomic E-state index is 0.196. The van der Waals surface area contributed by atoms with Crippen molar-refractivity contribution in [2.45, 2.75) is 20.0 Å². The highest BCUT2D eigenvalue weighted by molar-refractivity contribution is 5.86. The van der Waals surface area contributed by atoms with Gasteiger partial charge in [-0.05, 0) is 51.2 Å². The average molecular weight is 427 g/mol. The average Bonchev–Trinajstić information content (AvgIpc) is 2.71. The van der Waals surface area contributed by atoms with Crippen LogP contribution in [0, 0.1) is 13.8 Å². The van der Waals surface area contributed by atoms with Crippen molar-refractivity contribution >= 4 is 11.0 Å². The number of aliphatic hydroxyl groups is 1. The Morgan fingerprint density at radius 2 is 1.71 bits per heavy atom. The number of benzene rings is 2. The summed E-state index contributed by atoms with van der Waals surface area (Å²) < 4.78 is 22.6. The normalized spacial score (nSPS) is 12.3. The molecule has 0 bridgehead atoms. The highest BCUT2D eigenvalue weighted by Crippen LogP contribution is 2.34. The van der Waals surface area contributed by atoms with Crippen molar-refractivity contribution < 1.29 is 23.7 Å². The molecular formula is C24H29NO6.